The van der Waals surface area contributed by atoms with Crippen LogP contribution in [0.3, 0.4) is 0 Å². The van der Waals surface area contributed by atoms with E-state index >= 15 is 0 Å². The second-order valence-corrected chi connectivity index (χ2v) is 12.7. The van der Waals surface area contributed by atoms with E-state index in [1.54, 1.807) is 41.5 Å². The fraction of sp³-hybridized carbons (Fsp3) is 0.742. The molecule has 8 atom stereocenters. The Morgan fingerprint density at radius 1 is 0.680 bits per heavy atom. The van der Waals surface area contributed by atoms with Crippen LogP contribution in [0, 0.1) is 17.8 Å². The van der Waals surface area contributed by atoms with E-state index in [1.165, 1.54) is 0 Å². The van der Waals surface area contributed by atoms with Crippen LogP contribution in [0.5, 0.6) is 0 Å². The lowest BCUT2D eigenvalue weighted by Crippen LogP contribution is -2.61. The lowest BCUT2D eigenvalue weighted by Gasteiger charge is -2.29. The fourth-order valence-electron chi connectivity index (χ4n) is 4.64. The SMILES string of the molecule is CC[C@H](C)[C@H](NC(=O)[C@H](CC(=O)O)NC(=O)[C@H](CC(C)C)NC(=O)[C@@H](NC(=O)[C@@H](N)CO)[C@@H](C)CC)C(=O)N[C@@H](CCCN=C(N)N)C(=O)O. The first-order valence-electron chi connectivity index (χ1n) is 16.7. The number of hydrogen-bond donors (Lipinski definition) is 11. The highest BCUT2D eigenvalue weighted by Crippen LogP contribution is 2.13. The number of amides is 5. The van der Waals surface area contributed by atoms with Crippen molar-refractivity contribution in [3.63, 3.8) is 0 Å². The van der Waals surface area contributed by atoms with E-state index in [9.17, 15) is 48.9 Å². The van der Waals surface area contributed by atoms with Crippen LogP contribution in [0.15, 0.2) is 4.99 Å². The van der Waals surface area contributed by atoms with E-state index in [0.29, 0.717) is 12.8 Å². The maximum absolute atomic E-state index is 13.5. The van der Waals surface area contributed by atoms with Crippen LogP contribution in [0.4, 0.5) is 0 Å². The number of carbonyl (C=O) groups is 7. The molecule has 0 aliphatic rings. The highest BCUT2D eigenvalue weighted by Gasteiger charge is 2.36. The molecule has 0 heterocycles. The monoisotopic (exact) mass is 715 g/mol. The third-order valence-electron chi connectivity index (χ3n) is 8.03. The third-order valence-corrected chi connectivity index (χ3v) is 8.03. The molecule has 0 aliphatic heterocycles. The zero-order chi connectivity index (χ0) is 38.7. The Labute approximate surface area is 292 Å². The van der Waals surface area contributed by atoms with E-state index in [4.69, 9.17) is 17.2 Å². The predicted molar refractivity (Wildman–Crippen MR) is 183 cm³/mol. The Balaban J connectivity index is 6.15. The molecule has 0 rings (SSSR count). The Morgan fingerprint density at radius 3 is 1.56 bits per heavy atom. The van der Waals surface area contributed by atoms with Crippen molar-refractivity contribution >= 4 is 47.4 Å². The van der Waals surface area contributed by atoms with Gasteiger partial charge in [-0.2, -0.15) is 0 Å². The van der Waals surface area contributed by atoms with Crippen molar-refractivity contribution in [2.24, 2.45) is 39.9 Å². The van der Waals surface area contributed by atoms with Gasteiger partial charge in [0, 0.05) is 6.54 Å². The van der Waals surface area contributed by atoms with Crippen molar-refractivity contribution in [2.75, 3.05) is 13.2 Å². The summed E-state index contributed by atoms with van der Waals surface area (Å²) in [4.78, 5) is 93.4. The molecule has 19 nitrogen and oxygen atoms in total. The number of nitrogens with two attached hydrogens (primary N) is 3. The molecule has 0 saturated carbocycles. The van der Waals surface area contributed by atoms with E-state index in [2.05, 4.69) is 31.6 Å². The quantitative estimate of drug-likeness (QED) is 0.0280. The van der Waals surface area contributed by atoms with Crippen LogP contribution in [0.2, 0.25) is 0 Å². The van der Waals surface area contributed by atoms with Gasteiger partial charge in [-0.05, 0) is 37.0 Å². The molecule has 0 radical (unpaired) electrons. The van der Waals surface area contributed by atoms with Gasteiger partial charge in [-0.1, -0.05) is 54.4 Å². The molecule has 50 heavy (non-hydrogen) atoms. The third kappa shape index (κ3) is 16.7. The number of hydrogen-bond acceptors (Lipinski definition) is 10. The van der Waals surface area contributed by atoms with Gasteiger partial charge in [-0.25, -0.2) is 4.79 Å². The van der Waals surface area contributed by atoms with Crippen LogP contribution >= 0.6 is 0 Å². The zero-order valence-corrected chi connectivity index (χ0v) is 29.7. The van der Waals surface area contributed by atoms with Crippen molar-refractivity contribution < 1.29 is 48.9 Å². The van der Waals surface area contributed by atoms with E-state index in [0.717, 1.165) is 0 Å². The van der Waals surface area contributed by atoms with Gasteiger partial charge in [0.2, 0.25) is 29.5 Å². The number of carboxylic acids is 2. The molecule has 14 N–H and O–H groups in total. The average molecular weight is 716 g/mol. The summed E-state index contributed by atoms with van der Waals surface area (Å²) in [5, 5.41) is 40.7. The second kappa shape index (κ2) is 23.0. The fourth-order valence-corrected chi connectivity index (χ4v) is 4.64. The molecule has 0 aromatic heterocycles. The van der Waals surface area contributed by atoms with E-state index in [-0.39, 0.29) is 37.7 Å². The van der Waals surface area contributed by atoms with Crippen LogP contribution in [0.25, 0.3) is 0 Å². The molecule has 5 amide bonds. The smallest absolute Gasteiger partial charge is 0.326 e. The Morgan fingerprint density at radius 2 is 1.14 bits per heavy atom. The average Bonchev–Trinajstić information content (AvgIpc) is 3.04. The standard InChI is InChI=1S/C31H57N9O10/c1-7-16(5)23(39-25(44)18(32)14-41)29(48)38-20(12-15(3)4)26(45)37-21(13-22(42)43)27(46)40-24(17(6)8-2)28(47)36-19(30(49)50)10-9-11-35-31(33)34/h15-21,23-24,41H,7-14,32H2,1-6H3,(H,36,47)(H,37,45)(H,38,48)(H,39,44)(H,40,46)(H,42,43)(H,49,50)(H4,33,34,35)/t16-,17-,18-,19-,20-,21-,23-,24-/m0/s1. The van der Waals surface area contributed by atoms with Gasteiger partial charge in [0.1, 0.15) is 36.3 Å². The first kappa shape index (κ1) is 45.5. The number of aliphatic carboxylic acids is 2. The van der Waals surface area contributed by atoms with E-state index in [1.807, 2.05) is 0 Å². The highest BCUT2D eigenvalue weighted by molar-refractivity contribution is 5.97. The number of carboxylic acid groups (broad SMARTS) is 2. The summed E-state index contributed by atoms with van der Waals surface area (Å²) in [6, 6.07) is -8.05. The maximum atomic E-state index is 13.5. The largest absolute Gasteiger partial charge is 0.481 e. The number of rotatable bonds is 24. The molecule has 0 aliphatic carbocycles. The Bertz CT molecular complexity index is 1200. The maximum Gasteiger partial charge on any atom is 0.326 e. The van der Waals surface area contributed by atoms with Crippen molar-refractivity contribution in [3.05, 3.63) is 0 Å². The van der Waals surface area contributed by atoms with Gasteiger partial charge < -0.3 is 59.1 Å². The van der Waals surface area contributed by atoms with Crippen LogP contribution < -0.4 is 43.8 Å². The van der Waals surface area contributed by atoms with Crippen molar-refractivity contribution in [3.8, 4) is 0 Å². The molecule has 0 bridgehead atoms. The van der Waals surface area contributed by atoms with Crippen molar-refractivity contribution in [1.29, 1.82) is 0 Å². The lowest BCUT2D eigenvalue weighted by atomic mass is 9.96. The molecule has 286 valence electrons. The van der Waals surface area contributed by atoms with Gasteiger partial charge in [0.25, 0.3) is 0 Å². The van der Waals surface area contributed by atoms with E-state index < -0.39 is 103 Å². The minimum atomic E-state index is -1.70. The first-order valence-corrected chi connectivity index (χ1v) is 16.7. The number of nitrogens with zero attached hydrogens (tertiary/aromatic N) is 1. The predicted octanol–water partition coefficient (Wildman–Crippen LogP) is -2.52. The van der Waals surface area contributed by atoms with Crippen LogP contribution in [0.1, 0.15) is 80.1 Å². The Hall–Kier alpha value is -4.52. The van der Waals surface area contributed by atoms with Gasteiger partial charge in [-0.15, -0.1) is 0 Å². The Kier molecular flexibility index (Phi) is 20.9. The van der Waals surface area contributed by atoms with Crippen molar-refractivity contribution in [2.45, 2.75) is 116 Å². The minimum absolute atomic E-state index is 0.0322. The molecule has 19 heteroatoms. The van der Waals surface area contributed by atoms with Gasteiger partial charge in [0.15, 0.2) is 5.96 Å². The van der Waals surface area contributed by atoms with Gasteiger partial charge in [-0.3, -0.25) is 33.8 Å². The first-order chi connectivity index (χ1) is 23.3. The van der Waals surface area contributed by atoms with Crippen LogP contribution in [-0.2, 0) is 33.6 Å². The molecule has 0 fully saturated rings. The number of nitrogens with one attached hydrogen (secondary N) is 5. The summed E-state index contributed by atoms with van der Waals surface area (Å²) in [7, 11) is 0. The number of carbonyl (C=O) groups excluding carboxylic acids is 5. The number of aliphatic hydroxyl groups excluding tert-OH is 1. The molecule has 0 spiro atoms. The normalized spacial score (nSPS) is 15.9. The van der Waals surface area contributed by atoms with Crippen LogP contribution in [-0.4, -0.2) is 112 Å². The number of aliphatic hydroxyl groups is 1. The summed E-state index contributed by atoms with van der Waals surface area (Å²) >= 11 is 0. The summed E-state index contributed by atoms with van der Waals surface area (Å²) < 4.78 is 0. The molecule has 0 aromatic rings. The van der Waals surface area contributed by atoms with Gasteiger partial charge in [0.05, 0.1) is 13.0 Å². The van der Waals surface area contributed by atoms with Gasteiger partial charge >= 0.3 is 11.9 Å². The lowest BCUT2D eigenvalue weighted by molar-refractivity contribution is -0.144. The summed E-state index contributed by atoms with van der Waals surface area (Å²) in [6.45, 7) is 9.81. The summed E-state index contributed by atoms with van der Waals surface area (Å²) in [5.74, 6) is -8.38. The summed E-state index contributed by atoms with van der Waals surface area (Å²) in [6.07, 6.45) is 0.170. The zero-order valence-electron chi connectivity index (χ0n) is 29.7. The molecule has 0 unspecified atom stereocenters. The van der Waals surface area contributed by atoms with Crippen molar-refractivity contribution in [1.82, 2.24) is 26.6 Å². The molecule has 0 saturated heterocycles. The molecular formula is C31H57N9O10. The molecular weight excluding hydrogens is 658 g/mol. The summed E-state index contributed by atoms with van der Waals surface area (Å²) in [5.41, 5.74) is 16.1. The highest BCUT2D eigenvalue weighted by atomic mass is 16.4. The second-order valence-electron chi connectivity index (χ2n) is 12.7. The number of aliphatic imine (C=N–C) groups is 1. The molecule has 0 aromatic carbocycles. The number of guanidine groups is 1. The minimum Gasteiger partial charge on any atom is -0.481 e. The topological polar surface area (TPSA) is 331 Å².